The molecule has 48 valence electrons. The molecule has 1 aliphatic carbocycles. The molecule has 0 spiro atoms. The maximum Gasteiger partial charge on any atom is 0.0600 e. The number of rotatable bonds is 0. The average Bonchev–Trinajstić information content (AvgIpc) is 1.80. The summed E-state index contributed by atoms with van der Waals surface area (Å²) >= 11 is 0. The maximum atomic E-state index is 9.35. The van der Waals surface area contributed by atoms with Crippen LogP contribution >= 0.6 is 0 Å². The van der Waals surface area contributed by atoms with Crippen LogP contribution in [0.1, 0.15) is 32.4 Å². The lowest BCUT2D eigenvalue weighted by atomic mass is 9.95. The molecular weight excluding hydrogens is 104 g/mol. The van der Waals surface area contributed by atoms with E-state index in [1.165, 1.54) is 0 Å². The first-order valence-electron chi connectivity index (χ1n) is 5.01. The topological polar surface area (TPSA) is 40.5 Å². The average molecular weight is 121 g/mol. The highest BCUT2D eigenvalue weighted by molar-refractivity contribution is 4.69. The van der Waals surface area contributed by atoms with Crippen molar-refractivity contribution in [2.75, 3.05) is 0 Å². The SMILES string of the molecule is [2H]C1([2H])CC(O)CC([2H])([2H])C1([2H])O. The second-order valence-electron chi connectivity index (χ2n) is 1.76. The molecule has 2 heteroatoms. The van der Waals surface area contributed by atoms with Crippen molar-refractivity contribution in [3.63, 3.8) is 0 Å². The van der Waals surface area contributed by atoms with Crippen LogP contribution in [0.2, 0.25) is 0 Å². The Morgan fingerprint density at radius 1 is 1.38 bits per heavy atom. The highest BCUT2D eigenvalue weighted by Gasteiger charge is 2.15. The summed E-state index contributed by atoms with van der Waals surface area (Å²) in [5.74, 6) is 0. The molecule has 0 radical (unpaired) electrons. The van der Waals surface area contributed by atoms with Crippen molar-refractivity contribution >= 4 is 0 Å². The monoisotopic (exact) mass is 121 g/mol. The molecule has 0 aromatic carbocycles. The van der Waals surface area contributed by atoms with E-state index in [1.807, 2.05) is 0 Å². The molecule has 1 saturated carbocycles. The van der Waals surface area contributed by atoms with Gasteiger partial charge in [-0.1, -0.05) is 0 Å². The van der Waals surface area contributed by atoms with Gasteiger partial charge in [-0.2, -0.15) is 0 Å². The van der Waals surface area contributed by atoms with Gasteiger partial charge in [-0.15, -0.1) is 0 Å². The van der Waals surface area contributed by atoms with Crippen molar-refractivity contribution in [3.05, 3.63) is 0 Å². The zero-order valence-electron chi connectivity index (χ0n) is 9.39. The molecule has 0 aromatic rings. The van der Waals surface area contributed by atoms with Crippen LogP contribution in [0.15, 0.2) is 0 Å². The lowest BCUT2D eigenvalue weighted by molar-refractivity contribution is 0.0541. The second kappa shape index (κ2) is 2.46. The number of hydrogen-bond acceptors (Lipinski definition) is 2. The quantitative estimate of drug-likeness (QED) is 0.483. The van der Waals surface area contributed by atoms with Crippen LogP contribution in [0.25, 0.3) is 0 Å². The third-order valence-electron chi connectivity index (χ3n) is 1.01. The Morgan fingerprint density at radius 2 is 1.88 bits per heavy atom. The summed E-state index contributed by atoms with van der Waals surface area (Å²) in [7, 11) is 0. The molecule has 2 nitrogen and oxygen atoms in total. The molecule has 0 amide bonds. The third kappa shape index (κ3) is 1.46. The fourth-order valence-corrected chi connectivity index (χ4v) is 0.564. The van der Waals surface area contributed by atoms with Crippen molar-refractivity contribution in [1.29, 1.82) is 0 Å². The van der Waals surface area contributed by atoms with Crippen LogP contribution in [0, 0.1) is 0 Å². The molecule has 2 N–H and O–H groups in total. The van der Waals surface area contributed by atoms with E-state index >= 15 is 0 Å². The van der Waals surface area contributed by atoms with E-state index in [0.29, 0.717) is 0 Å². The Bertz CT molecular complexity index is 195. The Labute approximate surface area is 56.2 Å². The maximum absolute atomic E-state index is 9.35. The molecule has 1 aliphatic rings. The Hall–Kier alpha value is -0.0800. The van der Waals surface area contributed by atoms with Crippen molar-refractivity contribution in [2.45, 2.75) is 37.8 Å². The number of hydrogen-bond donors (Lipinski definition) is 2. The van der Waals surface area contributed by atoms with Crippen molar-refractivity contribution < 1.29 is 17.1 Å². The van der Waals surface area contributed by atoms with Crippen LogP contribution in [0.3, 0.4) is 0 Å². The van der Waals surface area contributed by atoms with Gasteiger partial charge in [-0.3, -0.25) is 0 Å². The predicted molar refractivity (Wildman–Crippen MR) is 30.5 cm³/mol. The van der Waals surface area contributed by atoms with E-state index in [-0.39, 0.29) is 0 Å². The molecule has 8 heavy (non-hydrogen) atoms. The summed E-state index contributed by atoms with van der Waals surface area (Å²) < 4.78 is 36.2. The molecule has 0 atom stereocenters. The first-order chi connectivity index (χ1) is 5.60. The molecule has 1 fully saturated rings. The van der Waals surface area contributed by atoms with Gasteiger partial charge in [0.1, 0.15) is 0 Å². The minimum atomic E-state index is -2.79. The van der Waals surface area contributed by atoms with Crippen molar-refractivity contribution in [3.8, 4) is 0 Å². The zero-order chi connectivity index (χ0) is 10.5. The van der Waals surface area contributed by atoms with E-state index in [2.05, 4.69) is 0 Å². The minimum absolute atomic E-state index is 0.410. The molecule has 0 aliphatic heterocycles. The second-order valence-corrected chi connectivity index (χ2v) is 1.76. The van der Waals surface area contributed by atoms with E-state index in [4.69, 9.17) is 12.0 Å². The molecular formula is C6H12O2. The number of aliphatic hydroxyl groups is 2. The Morgan fingerprint density at radius 3 is 2.38 bits per heavy atom. The van der Waals surface area contributed by atoms with Crippen LogP contribution in [0.5, 0.6) is 0 Å². The normalized spacial score (nSPS) is 70.8. The van der Waals surface area contributed by atoms with Crippen LogP contribution < -0.4 is 0 Å². The van der Waals surface area contributed by atoms with Gasteiger partial charge < -0.3 is 10.2 Å². The minimum Gasteiger partial charge on any atom is -0.393 e. The van der Waals surface area contributed by atoms with Crippen LogP contribution in [0.4, 0.5) is 0 Å². The first kappa shape index (κ1) is 2.27. The van der Waals surface area contributed by atoms with Crippen LogP contribution in [-0.2, 0) is 0 Å². The largest absolute Gasteiger partial charge is 0.393 e. The van der Waals surface area contributed by atoms with E-state index in [0.717, 1.165) is 0 Å². The predicted octanol–water partition coefficient (Wildman–Crippen LogP) is 0.282. The molecule has 1 rings (SSSR count). The first-order valence-corrected chi connectivity index (χ1v) is 2.51. The van der Waals surface area contributed by atoms with Gasteiger partial charge in [0.25, 0.3) is 0 Å². The standard InChI is InChI=1S/C6H12O2/c7-5-1-2-6(8)4-3-5/h5-8H,1-4H2/i1D2,3D2,5D. The summed E-state index contributed by atoms with van der Waals surface area (Å²) in [5.41, 5.74) is 0. The van der Waals surface area contributed by atoms with Gasteiger partial charge in [-0.05, 0) is 25.6 Å². The van der Waals surface area contributed by atoms with Gasteiger partial charge in [0.2, 0.25) is 0 Å². The van der Waals surface area contributed by atoms with Gasteiger partial charge in [-0.25, -0.2) is 0 Å². The van der Waals surface area contributed by atoms with E-state index in [9.17, 15) is 5.11 Å². The molecule has 0 unspecified atom stereocenters. The molecule has 0 heterocycles. The lowest BCUT2D eigenvalue weighted by Gasteiger charge is -2.20. The van der Waals surface area contributed by atoms with Gasteiger partial charge in [0.05, 0.1) is 13.6 Å². The van der Waals surface area contributed by atoms with E-state index in [1.54, 1.807) is 0 Å². The summed E-state index contributed by atoms with van der Waals surface area (Å²) in [6.45, 7) is 0. The number of aliphatic hydroxyl groups excluding tert-OH is 1. The van der Waals surface area contributed by atoms with E-state index < -0.39 is 37.8 Å². The Balaban J connectivity index is 3.03. The van der Waals surface area contributed by atoms with Crippen molar-refractivity contribution in [1.82, 2.24) is 0 Å². The highest BCUT2D eigenvalue weighted by atomic mass is 16.3. The molecule has 0 bridgehead atoms. The van der Waals surface area contributed by atoms with Gasteiger partial charge in [0.15, 0.2) is 0 Å². The van der Waals surface area contributed by atoms with Crippen molar-refractivity contribution in [2.24, 2.45) is 0 Å². The molecule has 0 aromatic heterocycles. The third-order valence-corrected chi connectivity index (χ3v) is 1.01. The van der Waals surface area contributed by atoms with Gasteiger partial charge >= 0.3 is 0 Å². The van der Waals surface area contributed by atoms with Crippen LogP contribution in [-0.4, -0.2) is 22.4 Å². The zero-order valence-corrected chi connectivity index (χ0v) is 4.39. The molecule has 0 saturated heterocycles. The smallest absolute Gasteiger partial charge is 0.0600 e. The fraction of sp³-hybridized carbons (Fsp3) is 1.00. The lowest BCUT2D eigenvalue weighted by Crippen LogP contribution is -2.21. The fourth-order valence-electron chi connectivity index (χ4n) is 0.564. The summed E-state index contributed by atoms with van der Waals surface area (Å²) in [6, 6.07) is 0. The Kier molecular flexibility index (Phi) is 0.700. The highest BCUT2D eigenvalue weighted by Crippen LogP contribution is 2.17. The van der Waals surface area contributed by atoms with Gasteiger partial charge in [0, 0.05) is 5.48 Å². The summed E-state index contributed by atoms with van der Waals surface area (Å²) in [4.78, 5) is 0. The summed E-state index contributed by atoms with van der Waals surface area (Å²) in [6.07, 6.45) is -9.60. The summed E-state index contributed by atoms with van der Waals surface area (Å²) in [5, 5.41) is 18.5.